The van der Waals surface area contributed by atoms with E-state index in [2.05, 4.69) is 22.0 Å². The Morgan fingerprint density at radius 2 is 2.15 bits per heavy atom. The third kappa shape index (κ3) is 2.30. The number of hydrogen-bond donors (Lipinski definition) is 0. The number of rotatable bonds is 4. The van der Waals surface area contributed by atoms with Gasteiger partial charge in [-0.1, -0.05) is 13.0 Å². The maximum atomic E-state index is 12.3. The number of ketones is 1. The Labute approximate surface area is 116 Å². The van der Waals surface area contributed by atoms with Crippen molar-refractivity contribution in [1.29, 1.82) is 0 Å². The van der Waals surface area contributed by atoms with Crippen molar-refractivity contribution in [2.45, 2.75) is 19.8 Å². The summed E-state index contributed by atoms with van der Waals surface area (Å²) >= 11 is 0. The van der Waals surface area contributed by atoms with Gasteiger partial charge in [-0.2, -0.15) is 5.10 Å². The number of pyridine rings is 1. The second-order valence-corrected chi connectivity index (χ2v) is 4.58. The molecule has 3 aromatic heterocycles. The predicted octanol–water partition coefficient (Wildman–Crippen LogP) is 2.11. The van der Waals surface area contributed by atoms with Crippen molar-refractivity contribution in [3.8, 4) is 0 Å². The van der Waals surface area contributed by atoms with Crippen LogP contribution in [0, 0.1) is 0 Å². The number of aryl methyl sites for hydroxylation is 1. The van der Waals surface area contributed by atoms with Gasteiger partial charge in [0.05, 0.1) is 29.9 Å². The largest absolute Gasteiger partial charge is 0.294 e. The van der Waals surface area contributed by atoms with Crippen LogP contribution in [0.4, 0.5) is 0 Å². The summed E-state index contributed by atoms with van der Waals surface area (Å²) in [7, 11) is 0. The molecule has 3 aromatic rings. The first kappa shape index (κ1) is 12.5. The second-order valence-electron chi connectivity index (χ2n) is 4.58. The fourth-order valence-electron chi connectivity index (χ4n) is 2.08. The lowest BCUT2D eigenvalue weighted by atomic mass is 10.1. The molecule has 0 amide bonds. The molecule has 0 saturated carbocycles. The predicted molar refractivity (Wildman–Crippen MR) is 74.6 cm³/mol. The van der Waals surface area contributed by atoms with Gasteiger partial charge in [-0.3, -0.25) is 14.8 Å². The summed E-state index contributed by atoms with van der Waals surface area (Å²) < 4.78 is 1.65. The van der Waals surface area contributed by atoms with Gasteiger partial charge in [-0.15, -0.1) is 0 Å². The van der Waals surface area contributed by atoms with Gasteiger partial charge in [0, 0.05) is 24.3 Å². The van der Waals surface area contributed by atoms with Crippen LogP contribution < -0.4 is 0 Å². The highest BCUT2D eigenvalue weighted by atomic mass is 16.1. The number of aromatic nitrogens is 4. The Kier molecular flexibility index (Phi) is 3.25. The molecule has 5 heteroatoms. The van der Waals surface area contributed by atoms with Crippen LogP contribution in [-0.2, 0) is 12.8 Å². The maximum absolute atomic E-state index is 12.3. The van der Waals surface area contributed by atoms with Crippen molar-refractivity contribution >= 4 is 11.3 Å². The average molecular weight is 266 g/mol. The molecule has 0 spiro atoms. The minimum absolute atomic E-state index is 0.00440. The molecule has 0 unspecified atom stereocenters. The summed E-state index contributed by atoms with van der Waals surface area (Å²) in [6.07, 6.45) is 9.63. The van der Waals surface area contributed by atoms with Gasteiger partial charge < -0.3 is 0 Å². The Morgan fingerprint density at radius 3 is 2.90 bits per heavy atom. The molecular weight excluding hydrogens is 252 g/mol. The number of Topliss-reactive ketones (excluding diaryl/α,β-unsaturated/α-hetero) is 1. The molecule has 5 nitrogen and oxygen atoms in total. The van der Waals surface area contributed by atoms with Gasteiger partial charge in [0.2, 0.25) is 0 Å². The van der Waals surface area contributed by atoms with E-state index in [1.807, 2.05) is 18.3 Å². The number of hydrogen-bond acceptors (Lipinski definition) is 4. The van der Waals surface area contributed by atoms with E-state index in [0.717, 1.165) is 17.6 Å². The Bertz CT molecular complexity index is 746. The van der Waals surface area contributed by atoms with Crippen molar-refractivity contribution < 1.29 is 4.79 Å². The third-order valence-electron chi connectivity index (χ3n) is 3.26. The molecule has 0 saturated heterocycles. The Hall–Kier alpha value is -2.56. The van der Waals surface area contributed by atoms with E-state index in [1.54, 1.807) is 29.3 Å². The molecule has 100 valence electrons. The smallest absolute Gasteiger partial charge is 0.172 e. The molecule has 3 heterocycles. The minimum Gasteiger partial charge on any atom is -0.294 e. The van der Waals surface area contributed by atoms with Gasteiger partial charge in [-0.05, 0) is 18.1 Å². The lowest BCUT2D eigenvalue weighted by molar-refractivity contribution is 0.0993. The van der Waals surface area contributed by atoms with Gasteiger partial charge in [0.25, 0.3) is 0 Å². The van der Waals surface area contributed by atoms with Crippen LogP contribution in [0.15, 0.2) is 43.1 Å². The molecule has 20 heavy (non-hydrogen) atoms. The first-order valence-electron chi connectivity index (χ1n) is 6.52. The monoisotopic (exact) mass is 266 g/mol. The SMILES string of the molecule is CCc1ccc(CC(=O)c2cnn3ccncc23)nc1. The van der Waals surface area contributed by atoms with Crippen LogP contribution in [0.5, 0.6) is 0 Å². The van der Waals surface area contributed by atoms with Gasteiger partial charge >= 0.3 is 0 Å². The van der Waals surface area contributed by atoms with Gasteiger partial charge in [0.15, 0.2) is 5.78 Å². The fraction of sp³-hybridized carbons (Fsp3) is 0.200. The highest BCUT2D eigenvalue weighted by Gasteiger charge is 2.13. The Balaban J connectivity index is 1.85. The second kappa shape index (κ2) is 5.21. The van der Waals surface area contributed by atoms with Gasteiger partial charge in [-0.25, -0.2) is 4.52 Å². The molecular formula is C15H14N4O. The van der Waals surface area contributed by atoms with Crippen molar-refractivity contribution in [1.82, 2.24) is 19.6 Å². The van der Waals surface area contributed by atoms with E-state index in [-0.39, 0.29) is 12.2 Å². The van der Waals surface area contributed by atoms with E-state index >= 15 is 0 Å². The summed E-state index contributed by atoms with van der Waals surface area (Å²) in [5.41, 5.74) is 3.25. The first-order valence-corrected chi connectivity index (χ1v) is 6.52. The first-order chi connectivity index (χ1) is 9.78. The number of carbonyl (C=O) groups is 1. The topological polar surface area (TPSA) is 60.2 Å². The summed E-state index contributed by atoms with van der Waals surface area (Å²) in [4.78, 5) is 20.7. The molecule has 0 aromatic carbocycles. The minimum atomic E-state index is 0.00440. The molecule has 0 aliphatic carbocycles. The number of carbonyl (C=O) groups excluding carboxylic acids is 1. The summed E-state index contributed by atoms with van der Waals surface area (Å²) in [5, 5.41) is 4.14. The van der Waals surface area contributed by atoms with E-state index in [9.17, 15) is 4.79 Å². The van der Waals surface area contributed by atoms with Crippen molar-refractivity contribution in [2.24, 2.45) is 0 Å². The fourth-order valence-corrected chi connectivity index (χ4v) is 2.08. The zero-order valence-corrected chi connectivity index (χ0v) is 11.2. The molecule has 3 rings (SSSR count). The van der Waals surface area contributed by atoms with Crippen molar-refractivity contribution in [3.05, 3.63) is 59.9 Å². The van der Waals surface area contributed by atoms with Crippen LogP contribution in [0.1, 0.15) is 28.5 Å². The average Bonchev–Trinajstić information content (AvgIpc) is 2.92. The zero-order chi connectivity index (χ0) is 13.9. The molecule has 0 N–H and O–H groups in total. The van der Waals surface area contributed by atoms with Crippen molar-refractivity contribution in [3.63, 3.8) is 0 Å². The van der Waals surface area contributed by atoms with Gasteiger partial charge in [0.1, 0.15) is 0 Å². The van der Waals surface area contributed by atoms with Crippen molar-refractivity contribution in [2.75, 3.05) is 0 Å². The molecule has 0 atom stereocenters. The van der Waals surface area contributed by atoms with Crippen LogP contribution in [0.2, 0.25) is 0 Å². The summed E-state index contributed by atoms with van der Waals surface area (Å²) in [5.74, 6) is 0.00440. The highest BCUT2D eigenvalue weighted by molar-refractivity contribution is 6.02. The maximum Gasteiger partial charge on any atom is 0.172 e. The summed E-state index contributed by atoms with van der Waals surface area (Å²) in [6.45, 7) is 2.08. The number of fused-ring (bicyclic) bond motifs is 1. The Morgan fingerprint density at radius 1 is 1.25 bits per heavy atom. The third-order valence-corrected chi connectivity index (χ3v) is 3.26. The normalized spacial score (nSPS) is 10.8. The quantitative estimate of drug-likeness (QED) is 0.679. The van der Waals surface area contributed by atoms with Crippen LogP contribution in [0.3, 0.4) is 0 Å². The van der Waals surface area contributed by atoms with E-state index < -0.39 is 0 Å². The van der Waals surface area contributed by atoms with Crippen LogP contribution in [0.25, 0.3) is 5.52 Å². The van der Waals surface area contributed by atoms with E-state index in [0.29, 0.717) is 5.56 Å². The number of nitrogens with zero attached hydrogens (tertiary/aromatic N) is 4. The molecule has 0 aliphatic rings. The lowest BCUT2D eigenvalue weighted by Gasteiger charge is -2.01. The molecule has 0 bridgehead atoms. The summed E-state index contributed by atoms with van der Waals surface area (Å²) in [6, 6.07) is 3.91. The standard InChI is InChI=1S/C15H14N4O/c1-2-11-3-4-12(17-8-11)7-15(20)13-9-18-19-6-5-16-10-14(13)19/h3-6,8-10H,2,7H2,1H3. The van der Waals surface area contributed by atoms with Crippen LogP contribution in [-0.4, -0.2) is 25.4 Å². The van der Waals surface area contributed by atoms with Crippen LogP contribution >= 0.6 is 0 Å². The molecule has 0 fully saturated rings. The van der Waals surface area contributed by atoms with E-state index in [1.165, 1.54) is 5.56 Å². The molecule has 0 aliphatic heterocycles. The lowest BCUT2D eigenvalue weighted by Crippen LogP contribution is -2.05. The highest BCUT2D eigenvalue weighted by Crippen LogP contribution is 2.12. The molecule has 0 radical (unpaired) electrons. The zero-order valence-electron chi connectivity index (χ0n) is 11.2. The van der Waals surface area contributed by atoms with E-state index in [4.69, 9.17) is 0 Å².